The molecule has 178 valence electrons. The Morgan fingerprint density at radius 2 is 1.66 bits per heavy atom. The van der Waals surface area contributed by atoms with Crippen molar-refractivity contribution >= 4 is 29.3 Å². The van der Waals surface area contributed by atoms with Gasteiger partial charge in [-0.15, -0.1) is 0 Å². The van der Waals surface area contributed by atoms with E-state index in [9.17, 15) is 13.6 Å². The minimum Gasteiger partial charge on any atom is -0.484 e. The first-order valence-corrected chi connectivity index (χ1v) is 11.9. The molecule has 2 atom stereocenters. The fraction of sp³-hybridized carbons (Fsp3) is 0.214. The summed E-state index contributed by atoms with van der Waals surface area (Å²) >= 11 is 5.93. The van der Waals surface area contributed by atoms with Crippen molar-refractivity contribution in [3.8, 4) is 5.75 Å². The van der Waals surface area contributed by atoms with Gasteiger partial charge in [-0.3, -0.25) is 4.79 Å². The summed E-state index contributed by atoms with van der Waals surface area (Å²) in [7, 11) is 0. The number of fused-ring (bicyclic) bond motifs is 1. The van der Waals surface area contributed by atoms with Crippen LogP contribution in [0.2, 0.25) is 5.02 Å². The first kappa shape index (κ1) is 23.2. The van der Waals surface area contributed by atoms with Crippen LogP contribution in [0, 0.1) is 17.6 Å². The molecule has 35 heavy (non-hydrogen) atoms. The van der Waals surface area contributed by atoms with E-state index in [0.717, 1.165) is 41.7 Å². The average Bonchev–Trinajstić information content (AvgIpc) is 3.26. The van der Waals surface area contributed by atoms with Crippen LogP contribution in [-0.4, -0.2) is 23.2 Å². The van der Waals surface area contributed by atoms with E-state index in [1.165, 1.54) is 29.3 Å². The van der Waals surface area contributed by atoms with Crippen LogP contribution in [0.5, 0.6) is 5.75 Å². The van der Waals surface area contributed by atoms with Gasteiger partial charge in [0.05, 0.1) is 11.8 Å². The largest absolute Gasteiger partial charge is 0.484 e. The molecule has 3 aromatic rings. The maximum absolute atomic E-state index is 13.7. The van der Waals surface area contributed by atoms with Gasteiger partial charge in [0, 0.05) is 10.9 Å². The first-order chi connectivity index (χ1) is 17.0. The Labute approximate surface area is 207 Å². The van der Waals surface area contributed by atoms with Gasteiger partial charge in [-0.05, 0) is 90.6 Å². The van der Waals surface area contributed by atoms with Gasteiger partial charge >= 0.3 is 0 Å². The van der Waals surface area contributed by atoms with Crippen molar-refractivity contribution in [1.82, 2.24) is 5.01 Å². The third-order valence-electron chi connectivity index (χ3n) is 6.36. The van der Waals surface area contributed by atoms with Crippen LogP contribution < -0.4 is 4.74 Å². The number of hydrazone groups is 1. The zero-order valence-corrected chi connectivity index (χ0v) is 19.6. The van der Waals surface area contributed by atoms with Crippen molar-refractivity contribution in [2.75, 3.05) is 6.61 Å². The minimum atomic E-state index is -0.358. The summed E-state index contributed by atoms with van der Waals surface area (Å²) in [6.45, 7) is -0.195. The normalized spacial score (nSPS) is 20.5. The van der Waals surface area contributed by atoms with Gasteiger partial charge in [0.25, 0.3) is 5.91 Å². The number of halogens is 3. The van der Waals surface area contributed by atoms with Gasteiger partial charge in [0.1, 0.15) is 17.4 Å². The number of hydrogen-bond acceptors (Lipinski definition) is 3. The number of carbonyl (C=O) groups is 1. The summed E-state index contributed by atoms with van der Waals surface area (Å²) < 4.78 is 32.7. The molecule has 1 amide bonds. The highest BCUT2D eigenvalue weighted by atomic mass is 35.5. The molecule has 0 radical (unpaired) electrons. The lowest BCUT2D eigenvalue weighted by molar-refractivity contribution is -0.135. The quantitative estimate of drug-likeness (QED) is 0.392. The molecule has 5 rings (SSSR count). The van der Waals surface area contributed by atoms with E-state index in [-0.39, 0.29) is 36.1 Å². The Balaban J connectivity index is 1.46. The number of ether oxygens (including phenoxy) is 1. The summed E-state index contributed by atoms with van der Waals surface area (Å²) in [5.41, 5.74) is 3.56. The lowest BCUT2D eigenvalue weighted by Gasteiger charge is -2.29. The maximum atomic E-state index is 13.7. The van der Waals surface area contributed by atoms with Gasteiger partial charge in [0.15, 0.2) is 6.61 Å². The van der Waals surface area contributed by atoms with Crippen molar-refractivity contribution in [2.45, 2.75) is 25.3 Å². The molecular weight excluding hydrogens is 470 g/mol. The van der Waals surface area contributed by atoms with Crippen molar-refractivity contribution in [3.63, 3.8) is 0 Å². The summed E-state index contributed by atoms with van der Waals surface area (Å²) in [5, 5.41) is 6.83. The number of rotatable bonds is 5. The van der Waals surface area contributed by atoms with E-state index >= 15 is 0 Å². The molecule has 1 saturated carbocycles. The predicted molar refractivity (Wildman–Crippen MR) is 132 cm³/mol. The highest BCUT2D eigenvalue weighted by Crippen LogP contribution is 2.44. The van der Waals surface area contributed by atoms with Crippen LogP contribution >= 0.6 is 11.6 Å². The zero-order valence-electron chi connectivity index (χ0n) is 18.8. The molecule has 7 heteroatoms. The highest BCUT2D eigenvalue weighted by molar-refractivity contribution is 6.30. The molecule has 1 aliphatic carbocycles. The molecule has 0 aromatic heterocycles. The molecule has 0 N–H and O–H groups in total. The fourth-order valence-corrected chi connectivity index (χ4v) is 4.83. The second-order valence-electron chi connectivity index (χ2n) is 8.68. The number of benzene rings is 3. The molecule has 0 saturated heterocycles. The Morgan fingerprint density at radius 1 is 1.00 bits per heavy atom. The van der Waals surface area contributed by atoms with E-state index in [4.69, 9.17) is 21.4 Å². The predicted octanol–water partition coefficient (Wildman–Crippen LogP) is 6.82. The number of hydrogen-bond donors (Lipinski definition) is 0. The van der Waals surface area contributed by atoms with Gasteiger partial charge in [-0.2, -0.15) is 5.10 Å². The van der Waals surface area contributed by atoms with Gasteiger partial charge in [-0.1, -0.05) is 35.9 Å². The van der Waals surface area contributed by atoms with Crippen LogP contribution in [0.4, 0.5) is 8.78 Å². The highest BCUT2D eigenvalue weighted by Gasteiger charge is 2.43. The Bertz CT molecular complexity index is 1270. The van der Waals surface area contributed by atoms with E-state index < -0.39 is 0 Å². The van der Waals surface area contributed by atoms with Gasteiger partial charge in [0.2, 0.25) is 0 Å². The summed E-state index contributed by atoms with van der Waals surface area (Å²) in [5.74, 6) is -0.418. The molecule has 1 aliphatic heterocycles. The lowest BCUT2D eigenvalue weighted by Crippen LogP contribution is -2.34. The first-order valence-electron chi connectivity index (χ1n) is 11.5. The van der Waals surface area contributed by atoms with E-state index in [1.807, 2.05) is 6.08 Å². The molecule has 2 unspecified atom stereocenters. The molecular formula is C28H23ClF2N2O2. The van der Waals surface area contributed by atoms with E-state index in [2.05, 4.69) is 0 Å². The van der Waals surface area contributed by atoms with Crippen LogP contribution in [0.25, 0.3) is 6.08 Å². The van der Waals surface area contributed by atoms with Crippen LogP contribution in [0.15, 0.2) is 83.5 Å². The summed E-state index contributed by atoms with van der Waals surface area (Å²) in [4.78, 5) is 13.3. The number of nitrogens with zero attached hydrogens (tertiary/aromatic N) is 2. The summed E-state index contributed by atoms with van der Waals surface area (Å²) in [6, 6.07) is 18.9. The Hall–Kier alpha value is -3.51. The lowest BCUT2D eigenvalue weighted by atomic mass is 9.77. The van der Waals surface area contributed by atoms with Crippen molar-refractivity contribution < 1.29 is 18.3 Å². The fourth-order valence-electron chi connectivity index (χ4n) is 4.70. The Kier molecular flexibility index (Phi) is 6.64. The van der Waals surface area contributed by atoms with Crippen LogP contribution in [0.1, 0.15) is 36.4 Å². The smallest absolute Gasteiger partial charge is 0.281 e. The van der Waals surface area contributed by atoms with Crippen LogP contribution in [-0.2, 0) is 4.79 Å². The van der Waals surface area contributed by atoms with E-state index in [0.29, 0.717) is 10.8 Å². The monoisotopic (exact) mass is 492 g/mol. The summed E-state index contributed by atoms with van der Waals surface area (Å²) in [6.07, 6.45) is 4.59. The van der Waals surface area contributed by atoms with Crippen LogP contribution in [0.3, 0.4) is 0 Å². The minimum absolute atomic E-state index is 0.0274. The topological polar surface area (TPSA) is 41.9 Å². The molecule has 0 spiro atoms. The standard InChI is InChI=1S/C28H23ClF2N2O2/c29-21-8-14-24(15-9-21)35-17-26(34)33-28(19-6-12-23(31)13-7-19)25-3-1-2-20(27(25)32-33)16-18-4-10-22(30)11-5-18/h4-16,25,28H,1-3,17H2. The number of amides is 1. The third-order valence-corrected chi connectivity index (χ3v) is 6.61. The van der Waals surface area contributed by atoms with Gasteiger partial charge in [-0.25, -0.2) is 13.8 Å². The van der Waals surface area contributed by atoms with Crippen molar-refractivity contribution in [3.05, 3.63) is 106 Å². The number of carbonyl (C=O) groups excluding carboxylic acids is 1. The van der Waals surface area contributed by atoms with E-state index in [1.54, 1.807) is 48.5 Å². The SMILES string of the molecule is O=C(COc1ccc(Cl)cc1)N1N=C2C(=Cc3ccc(F)cc3)CCCC2C1c1ccc(F)cc1. The zero-order chi connectivity index (χ0) is 24.4. The third kappa shape index (κ3) is 5.13. The molecule has 1 heterocycles. The second-order valence-corrected chi connectivity index (χ2v) is 9.12. The molecule has 1 fully saturated rings. The second kappa shape index (κ2) is 10.0. The number of allylic oxidation sites excluding steroid dienone is 1. The maximum Gasteiger partial charge on any atom is 0.281 e. The molecule has 0 bridgehead atoms. The average molecular weight is 493 g/mol. The molecule has 2 aliphatic rings. The molecule has 4 nitrogen and oxygen atoms in total. The molecule has 3 aromatic carbocycles. The Morgan fingerprint density at radius 3 is 2.34 bits per heavy atom. The van der Waals surface area contributed by atoms with Crippen molar-refractivity contribution in [2.24, 2.45) is 11.0 Å². The van der Waals surface area contributed by atoms with Gasteiger partial charge < -0.3 is 4.74 Å². The van der Waals surface area contributed by atoms with Crippen molar-refractivity contribution in [1.29, 1.82) is 0 Å².